The van der Waals surface area contributed by atoms with Gasteiger partial charge in [0, 0.05) is 36.6 Å². The van der Waals surface area contributed by atoms with Crippen LogP contribution in [0.25, 0.3) is 0 Å². The fourth-order valence-corrected chi connectivity index (χ4v) is 5.26. The Balaban J connectivity index is 1.51. The normalized spacial score (nSPS) is 16.3. The largest absolute Gasteiger partial charge is 0.366 e. The molecule has 2 aliphatic rings. The van der Waals surface area contributed by atoms with Crippen molar-refractivity contribution in [2.45, 2.75) is 97.6 Å². The SMILES string of the molecule is CC(C)[C@H](NCCCCCCCCCCCN[C@H](C(=O)N1C=CC(C(N)=O)=CC1)C(C)C)C(=O)N1C=CC(C(N)=O)=CC1. The molecule has 2 atom stereocenters. The minimum absolute atomic E-state index is 0.0179. The highest BCUT2D eigenvalue weighted by Crippen LogP contribution is 2.15. The molecule has 0 bridgehead atoms. The first-order valence-corrected chi connectivity index (χ1v) is 16.0. The molecule has 0 spiro atoms. The number of nitrogens with one attached hydrogen (secondary N) is 2. The molecule has 6 N–H and O–H groups in total. The van der Waals surface area contributed by atoms with Crippen LogP contribution in [0.3, 0.4) is 0 Å². The molecule has 2 heterocycles. The summed E-state index contributed by atoms with van der Waals surface area (Å²) in [4.78, 5) is 51.8. The van der Waals surface area contributed by atoms with E-state index >= 15 is 0 Å². The van der Waals surface area contributed by atoms with Crippen LogP contribution >= 0.6 is 0 Å². The molecule has 0 unspecified atom stereocenters. The molecule has 0 aliphatic carbocycles. The predicted octanol–water partition coefficient (Wildman–Crippen LogP) is 3.26. The van der Waals surface area contributed by atoms with Crippen molar-refractivity contribution in [2.24, 2.45) is 23.3 Å². The maximum atomic E-state index is 13.0. The van der Waals surface area contributed by atoms with Gasteiger partial charge in [-0.2, -0.15) is 0 Å². The van der Waals surface area contributed by atoms with Gasteiger partial charge >= 0.3 is 0 Å². The van der Waals surface area contributed by atoms with E-state index in [-0.39, 0.29) is 35.7 Å². The Morgan fingerprint density at radius 1 is 0.628 bits per heavy atom. The van der Waals surface area contributed by atoms with Crippen molar-refractivity contribution in [1.29, 1.82) is 0 Å². The molecule has 2 aliphatic heterocycles. The maximum absolute atomic E-state index is 13.0. The summed E-state index contributed by atoms with van der Waals surface area (Å²) in [5, 5.41) is 6.87. The summed E-state index contributed by atoms with van der Waals surface area (Å²) < 4.78 is 0. The van der Waals surface area contributed by atoms with Gasteiger partial charge in [0.25, 0.3) is 0 Å². The molecule has 0 aromatic rings. The molecule has 240 valence electrons. The first-order valence-electron chi connectivity index (χ1n) is 16.0. The highest BCUT2D eigenvalue weighted by molar-refractivity contribution is 5.96. The maximum Gasteiger partial charge on any atom is 0.248 e. The number of carbonyl (C=O) groups is 4. The number of primary amides is 2. The van der Waals surface area contributed by atoms with E-state index in [1.165, 1.54) is 32.1 Å². The zero-order valence-corrected chi connectivity index (χ0v) is 26.6. The van der Waals surface area contributed by atoms with Gasteiger partial charge in [0.2, 0.25) is 23.6 Å². The molecular weight excluding hydrogens is 544 g/mol. The summed E-state index contributed by atoms with van der Waals surface area (Å²) in [6, 6.07) is -0.515. The van der Waals surface area contributed by atoms with Crippen molar-refractivity contribution >= 4 is 23.6 Å². The van der Waals surface area contributed by atoms with E-state index in [4.69, 9.17) is 11.5 Å². The third-order valence-corrected chi connectivity index (χ3v) is 7.97. The Kier molecular flexibility index (Phi) is 16.0. The number of nitrogens with zero attached hydrogens (tertiary/aromatic N) is 2. The number of amides is 4. The van der Waals surface area contributed by atoms with Crippen molar-refractivity contribution in [2.75, 3.05) is 26.2 Å². The average Bonchev–Trinajstić information content (AvgIpc) is 2.98. The van der Waals surface area contributed by atoms with Crippen LogP contribution in [-0.2, 0) is 19.2 Å². The summed E-state index contributed by atoms with van der Waals surface area (Å²) in [5.41, 5.74) is 11.5. The van der Waals surface area contributed by atoms with Gasteiger partial charge in [0.15, 0.2) is 0 Å². The van der Waals surface area contributed by atoms with Crippen molar-refractivity contribution in [3.8, 4) is 0 Å². The Bertz CT molecular complexity index is 980. The minimum Gasteiger partial charge on any atom is -0.366 e. The first kappa shape index (κ1) is 36.0. The summed E-state index contributed by atoms with van der Waals surface area (Å²) in [5.74, 6) is -0.594. The van der Waals surface area contributed by atoms with Crippen molar-refractivity contribution < 1.29 is 19.2 Å². The van der Waals surface area contributed by atoms with E-state index in [9.17, 15) is 19.2 Å². The molecule has 10 nitrogen and oxygen atoms in total. The monoisotopic (exact) mass is 598 g/mol. The molecule has 2 rings (SSSR count). The lowest BCUT2D eigenvalue weighted by atomic mass is 10.0. The molecule has 43 heavy (non-hydrogen) atoms. The van der Waals surface area contributed by atoms with Crippen LogP contribution in [-0.4, -0.2) is 71.7 Å². The molecular formula is C33H54N6O4. The van der Waals surface area contributed by atoms with E-state index in [1.54, 1.807) is 46.5 Å². The first-order chi connectivity index (χ1) is 20.5. The van der Waals surface area contributed by atoms with Crippen LogP contribution in [0, 0.1) is 11.8 Å². The molecule has 0 aromatic heterocycles. The van der Waals surface area contributed by atoms with Gasteiger partial charge in [-0.3, -0.25) is 19.2 Å². The number of hydrogen-bond donors (Lipinski definition) is 4. The summed E-state index contributed by atoms with van der Waals surface area (Å²) >= 11 is 0. The van der Waals surface area contributed by atoms with Crippen LogP contribution in [0.2, 0.25) is 0 Å². The van der Waals surface area contributed by atoms with Gasteiger partial charge in [-0.1, -0.05) is 84.8 Å². The van der Waals surface area contributed by atoms with Gasteiger partial charge < -0.3 is 31.9 Å². The van der Waals surface area contributed by atoms with E-state index in [2.05, 4.69) is 10.6 Å². The number of hydrogen-bond acceptors (Lipinski definition) is 6. The van der Waals surface area contributed by atoms with E-state index in [0.717, 1.165) is 38.8 Å². The third-order valence-electron chi connectivity index (χ3n) is 7.97. The lowest BCUT2D eigenvalue weighted by Crippen LogP contribution is -2.48. The molecule has 0 radical (unpaired) electrons. The lowest BCUT2D eigenvalue weighted by Gasteiger charge is -2.28. The fraction of sp³-hybridized carbons (Fsp3) is 0.636. The van der Waals surface area contributed by atoms with Gasteiger partial charge in [-0.15, -0.1) is 0 Å². The van der Waals surface area contributed by atoms with Crippen LogP contribution in [0.5, 0.6) is 0 Å². The smallest absolute Gasteiger partial charge is 0.248 e. The Morgan fingerprint density at radius 3 is 1.21 bits per heavy atom. The average molecular weight is 599 g/mol. The van der Waals surface area contributed by atoms with Crippen LogP contribution in [0.4, 0.5) is 0 Å². The van der Waals surface area contributed by atoms with Gasteiger partial charge in [0.1, 0.15) is 0 Å². The van der Waals surface area contributed by atoms with Gasteiger partial charge in [0.05, 0.1) is 12.1 Å². The lowest BCUT2D eigenvalue weighted by molar-refractivity contribution is -0.132. The second-order valence-corrected chi connectivity index (χ2v) is 12.2. The van der Waals surface area contributed by atoms with Crippen molar-refractivity contribution in [3.63, 3.8) is 0 Å². The highest BCUT2D eigenvalue weighted by Gasteiger charge is 2.27. The number of nitrogens with two attached hydrogens (primary N) is 2. The summed E-state index contributed by atoms with van der Waals surface area (Å²) in [6.45, 7) is 10.5. The third kappa shape index (κ3) is 12.5. The topological polar surface area (TPSA) is 151 Å². The Hall–Kier alpha value is -3.24. The summed E-state index contributed by atoms with van der Waals surface area (Å²) in [7, 11) is 0. The molecule has 10 heteroatoms. The van der Waals surface area contributed by atoms with E-state index in [1.807, 2.05) is 27.7 Å². The fourth-order valence-electron chi connectivity index (χ4n) is 5.26. The van der Waals surface area contributed by atoms with Crippen molar-refractivity contribution in [3.05, 3.63) is 47.9 Å². The molecule has 0 saturated heterocycles. The molecule has 0 aromatic carbocycles. The molecule has 0 saturated carbocycles. The number of carbonyl (C=O) groups excluding carboxylic acids is 4. The zero-order chi connectivity index (χ0) is 31.8. The highest BCUT2D eigenvalue weighted by atomic mass is 16.2. The van der Waals surface area contributed by atoms with E-state index < -0.39 is 11.8 Å². The second-order valence-electron chi connectivity index (χ2n) is 12.2. The summed E-state index contributed by atoms with van der Waals surface area (Å²) in [6.07, 6.45) is 20.3. The second kappa shape index (κ2) is 19.1. The van der Waals surface area contributed by atoms with Crippen LogP contribution in [0.15, 0.2) is 47.9 Å². The quantitative estimate of drug-likeness (QED) is 0.158. The number of unbranched alkanes of at least 4 members (excludes halogenated alkanes) is 8. The van der Waals surface area contributed by atoms with Crippen LogP contribution < -0.4 is 22.1 Å². The molecule has 0 fully saturated rings. The van der Waals surface area contributed by atoms with Gasteiger partial charge in [-0.25, -0.2) is 0 Å². The standard InChI is InChI=1S/C33H54N6O4/c1-24(2)28(32(42)38-20-14-26(15-21-38)30(34)40)36-18-12-10-8-6-5-7-9-11-13-19-37-29(25(3)4)33(43)39-22-16-27(17-23-39)31(35)41/h14-17,20,22,24-25,28-29,36-37H,5-13,18-19,21,23H2,1-4H3,(H2,34,40)(H2,35,41)/t28-,29-/m0/s1. The van der Waals surface area contributed by atoms with Gasteiger partial charge in [-0.05, 0) is 49.9 Å². The van der Waals surface area contributed by atoms with Crippen LogP contribution in [0.1, 0.15) is 85.5 Å². The predicted molar refractivity (Wildman–Crippen MR) is 171 cm³/mol. The molecule has 4 amide bonds. The minimum atomic E-state index is -0.479. The Labute approximate surface area is 258 Å². The van der Waals surface area contributed by atoms with E-state index in [0.29, 0.717) is 24.2 Å². The zero-order valence-electron chi connectivity index (χ0n) is 26.6. The number of rotatable bonds is 20. The Morgan fingerprint density at radius 2 is 0.953 bits per heavy atom. The van der Waals surface area contributed by atoms with Crippen molar-refractivity contribution in [1.82, 2.24) is 20.4 Å².